The minimum atomic E-state index is -2.07. The molecule has 0 aliphatic carbocycles. The molecule has 0 saturated carbocycles. The predicted molar refractivity (Wildman–Crippen MR) is 273 cm³/mol. The Morgan fingerprint density at radius 3 is 0.842 bits per heavy atom. The van der Waals surface area contributed by atoms with E-state index in [1.807, 2.05) is 0 Å². The average molecular weight is 1450 g/mol. The van der Waals surface area contributed by atoms with Crippen LogP contribution in [0.1, 0.15) is 19.3 Å². The smallest absolute Gasteiger partial charge is 0.668 e. The Kier molecular flexibility index (Phi) is 51.6. The molecule has 8 aliphatic heterocycles. The molecule has 46 heteroatoms. The molecule has 508 valence electrons. The van der Waals surface area contributed by atoms with E-state index in [9.17, 15) is 86.8 Å². The topological polar surface area (TPSA) is 613 Å². The largest absolute Gasteiger partial charge is 1.00 e. The molecule has 95 heavy (non-hydrogen) atoms. The second-order valence-corrected chi connectivity index (χ2v) is 21.9. The molecule has 36 atom stereocenters. The van der Waals surface area contributed by atoms with Gasteiger partial charge < -0.3 is 191 Å². The molecule has 8 rings (SSSR count). The van der Waals surface area contributed by atoms with E-state index in [0.29, 0.717) is 13.0 Å². The summed E-state index contributed by atoms with van der Waals surface area (Å²) in [7, 11) is 0. The molecule has 38 nitrogen and oxygen atoms in total. The van der Waals surface area contributed by atoms with Gasteiger partial charge in [-0.2, -0.15) is 26.4 Å². The van der Waals surface area contributed by atoms with E-state index in [4.69, 9.17) is 104 Å². The summed E-state index contributed by atoms with van der Waals surface area (Å²) in [5.74, 6) is 0. The van der Waals surface area contributed by atoms with Crippen molar-refractivity contribution in [1.82, 2.24) is 0 Å². The molecule has 23 N–H and O–H groups in total. The van der Waals surface area contributed by atoms with Crippen LogP contribution in [0.3, 0.4) is 0 Å². The molecule has 0 radical (unpaired) electrons. The maximum atomic E-state index is 11.3. The third-order valence-electron chi connectivity index (χ3n) is 15.9. The Hall–Kier alpha value is 6.48. The Bertz CT molecular complexity index is 2080. The predicted octanol–water partition coefficient (Wildman–Crippen LogP) is -33.8. The summed E-state index contributed by atoms with van der Waals surface area (Å²) in [4.78, 5) is 0. The molecule has 8 saturated heterocycles. The minimum absolute atomic E-state index is 0. The zero-order chi connectivity index (χ0) is 63.3. The van der Waals surface area contributed by atoms with Crippen LogP contribution in [0, 0.1) is 26.4 Å². The zero-order valence-corrected chi connectivity index (χ0v) is 70.2. The van der Waals surface area contributed by atoms with Crippen LogP contribution in [0.4, 0.5) is 0 Å². The monoisotopic (exact) mass is 1450 g/mol. The third kappa shape index (κ3) is 25.0. The van der Waals surface area contributed by atoms with Crippen LogP contribution in [0.25, 0.3) is 22.9 Å². The molecule has 8 aliphatic rings. The van der Waals surface area contributed by atoms with Gasteiger partial charge in [-0.3, -0.25) is 0 Å². The molecule has 0 aromatic carbocycles. The van der Waals surface area contributed by atoms with Crippen LogP contribution in [0.5, 0.6) is 0 Å². The maximum Gasteiger partial charge on any atom is 1.00 e. The second-order valence-electron chi connectivity index (χ2n) is 21.9. The molecule has 0 aromatic heterocycles. The van der Waals surface area contributed by atoms with Gasteiger partial charge in [0.25, 0.3) is 0 Å². The van der Waals surface area contributed by atoms with Gasteiger partial charge in [0, 0.05) is 6.61 Å². The first-order valence-electron chi connectivity index (χ1n) is 28.1. The number of nitrogens with one attached hydrogen (secondary N) is 4. The second kappa shape index (κ2) is 48.3. The maximum absolute atomic E-state index is 11.3. The first-order chi connectivity index (χ1) is 41.5. The number of ether oxygens (including phenoxy) is 16. The quantitative estimate of drug-likeness (QED) is 0.0242. The summed E-state index contributed by atoms with van der Waals surface area (Å²) >= 11 is 0. The molecule has 8 fully saturated rings. The number of aliphatic hydroxyl groups is 17. The first kappa shape index (κ1) is 101. The van der Waals surface area contributed by atoms with Gasteiger partial charge >= 0.3 is 236 Å². The molecule has 8 heterocycles. The minimum Gasteiger partial charge on any atom is -0.668 e. The Morgan fingerprint density at radius 2 is 0.558 bits per heavy atom. The fourth-order valence-electron chi connectivity index (χ4n) is 10.6. The van der Waals surface area contributed by atoms with Crippen molar-refractivity contribution in [2.24, 2.45) is 5.73 Å². The van der Waals surface area contributed by atoms with Gasteiger partial charge in [0.05, 0.1) is 75.3 Å². The van der Waals surface area contributed by atoms with Crippen LogP contribution < -0.4 is 242 Å². The van der Waals surface area contributed by atoms with Gasteiger partial charge in [-0.25, -0.2) is 0 Å². The summed E-state index contributed by atoms with van der Waals surface area (Å²) in [6.45, 7) is 0.678. The van der Waals surface area contributed by atoms with Gasteiger partial charge in [-0.1, -0.05) is 24.2 Å². The summed E-state index contributed by atoms with van der Waals surface area (Å²) in [5.41, 5.74) is 39.6. The molecule has 0 aromatic rings. The normalized spacial score (nSPS) is 46.8. The van der Waals surface area contributed by atoms with Crippen LogP contribution in [-0.2, 0) is 75.8 Å². The van der Waals surface area contributed by atoms with Gasteiger partial charge in [0.15, 0.2) is 25.2 Å². The van der Waals surface area contributed by atoms with Crippen molar-refractivity contribution in [1.29, 1.82) is 0 Å². The standard InChI is InChI=1S/C49H81N5O33.8Na/c50-4-2-1-3-5-72-46-35(68)27(60)18(10-73-46)82-43-23(52)32(65)39(15(7-56)78-43)86-48-37(70)29(62)20(12-75-48)84-45-25(54)34(67)41(17(9-58)80-45)87-49-38(71)30(63)21(13-76-49)83-44-24(53)33(66)40(16(8-57)79-44)85-47-36(69)28(61)19(11-74-47)81-42-22(51)31(64)26(59)14(6-55)77-42;;;;;;;;/h10-49,51-71H,1-9,50H2;;;;;;;;/q-8;8*+1/t14?,15?,16?,17?,18-,19-,20-,21-,22?,23?,24?,25?,26-,27+,28-,29-,30+,31-,32-,33-,34-,35?,36?,37?,38?,39-,40-,41-,42-,43-,44-,45-,46-,47+,48+,49+;;;;;;;;/m1......../s1. The summed E-state index contributed by atoms with van der Waals surface area (Å²) in [6, 6.07) is -7.02. The number of aliphatic hydroxyl groups excluding tert-OH is 17. The number of rotatable bonds is 24. The van der Waals surface area contributed by atoms with E-state index >= 15 is 0 Å². The molecule has 0 bridgehead atoms. The van der Waals surface area contributed by atoms with E-state index in [1.54, 1.807) is 0 Å². The molecular weight excluding hydrogens is 1370 g/mol. The van der Waals surface area contributed by atoms with Crippen molar-refractivity contribution in [3.8, 4) is 0 Å². The van der Waals surface area contributed by atoms with Crippen molar-refractivity contribution >= 4 is 0 Å². The molecule has 12 unspecified atom stereocenters. The SMILES string of the molecule is [NH-]C1[C@@H](O[C@@H]2[CH-]O[C@@H](O[C@@H]3C(CO)O[C@H](O[C@@H]4[CH-]O[C@@H](O[C@@H]5C(CO)O[C@H](O[C@@H]6[CH-]O[C@@H](O[C@@H]7C(CO)O[C@H](O[C@@H]8[CH-]O[C@@H](OCCCCCN)C(O)[C@H]8O)C([NH-])[C@H]7O)C(O)[C@@H]6O)C([NH-])[C@H]5O)C(O)[C@H]4O)C([NH-])[C@H]3O)C(O)[C@@H]2O)OC(CO)[C@@H](O)[C@@H]1O.[Na+].[Na+].[Na+].[Na+].[Na+].[Na+].[Na+].[Na+]. The first-order valence-corrected chi connectivity index (χ1v) is 28.1. The van der Waals surface area contributed by atoms with Gasteiger partial charge in [0.1, 0.15) is 98.4 Å². The number of hydrogen-bond donors (Lipinski definition) is 18. The average Bonchev–Trinajstić information content (AvgIpc) is 0.820. The van der Waals surface area contributed by atoms with Crippen LogP contribution in [0.2, 0.25) is 0 Å². The molecule has 0 spiro atoms. The zero-order valence-electron chi connectivity index (χ0n) is 54.2. The van der Waals surface area contributed by atoms with Crippen LogP contribution >= 0.6 is 0 Å². The number of nitrogens with two attached hydrogens (primary N) is 1. The van der Waals surface area contributed by atoms with Crippen molar-refractivity contribution in [2.75, 3.05) is 39.6 Å². The molecular formula is C49H81N5Na8O33. The van der Waals surface area contributed by atoms with E-state index in [-0.39, 0.29) is 243 Å². The Labute approximate surface area is 724 Å². The summed E-state index contributed by atoms with van der Waals surface area (Å²) < 4.78 is 89.3. The number of unbranched alkanes of at least 4 members (excludes halogenated alkanes) is 2. The summed E-state index contributed by atoms with van der Waals surface area (Å²) in [5, 5.41) is 182. The van der Waals surface area contributed by atoms with E-state index in [1.165, 1.54) is 0 Å². The van der Waals surface area contributed by atoms with Crippen molar-refractivity contribution in [2.45, 2.75) is 240 Å². The fraction of sp³-hybridized carbons (Fsp3) is 0.918. The fourth-order valence-corrected chi connectivity index (χ4v) is 10.6. The van der Waals surface area contributed by atoms with Gasteiger partial charge in [-0.05, 0) is 50.2 Å². The van der Waals surface area contributed by atoms with E-state index in [0.717, 1.165) is 39.3 Å². The Morgan fingerprint density at radius 1 is 0.295 bits per heavy atom. The van der Waals surface area contributed by atoms with E-state index in [2.05, 4.69) is 0 Å². The van der Waals surface area contributed by atoms with Gasteiger partial charge in [0.2, 0.25) is 0 Å². The van der Waals surface area contributed by atoms with Gasteiger partial charge in [-0.15, -0.1) is 0 Å². The van der Waals surface area contributed by atoms with Crippen LogP contribution in [-0.4, -0.2) is 347 Å². The Balaban J connectivity index is 0.0000110. The molecule has 0 amide bonds. The van der Waals surface area contributed by atoms with E-state index < -0.39 is 247 Å². The van der Waals surface area contributed by atoms with Crippen molar-refractivity contribution in [3.63, 3.8) is 0 Å². The van der Waals surface area contributed by atoms with Crippen LogP contribution in [0.15, 0.2) is 0 Å². The summed E-state index contributed by atoms with van der Waals surface area (Å²) in [6.07, 6.45) is -53.0. The van der Waals surface area contributed by atoms with Crippen molar-refractivity contribution in [3.05, 3.63) is 49.4 Å². The van der Waals surface area contributed by atoms with Crippen molar-refractivity contribution < 1.29 is 399 Å². The number of hydrogen-bond acceptors (Lipinski definition) is 34. The third-order valence-corrected chi connectivity index (χ3v) is 15.9.